The molecular weight excluding hydrogens is 372 g/mol. The highest BCUT2D eigenvalue weighted by molar-refractivity contribution is 5.98. The van der Waals surface area contributed by atoms with Gasteiger partial charge in [0.2, 0.25) is 5.91 Å². The molecule has 2 aliphatic heterocycles. The Bertz CT molecular complexity index is 870. The fourth-order valence-electron chi connectivity index (χ4n) is 4.70. The van der Waals surface area contributed by atoms with Crippen molar-refractivity contribution >= 4 is 11.7 Å². The Morgan fingerprint density at radius 1 is 0.900 bits per heavy atom. The van der Waals surface area contributed by atoms with Gasteiger partial charge in [0.1, 0.15) is 0 Å². The molecule has 4 heteroatoms. The second-order valence-corrected chi connectivity index (χ2v) is 8.67. The SMILES string of the molecule is O=C(CCC(=O)N1CCC(Cc2ccccc2)CC1)c1ccc2c(c1)CCNCC2. The van der Waals surface area contributed by atoms with Crippen molar-refractivity contribution in [1.29, 1.82) is 0 Å². The maximum absolute atomic E-state index is 12.7. The molecule has 0 atom stereocenters. The number of hydrogen-bond acceptors (Lipinski definition) is 3. The first-order valence-electron chi connectivity index (χ1n) is 11.4. The van der Waals surface area contributed by atoms with Crippen LogP contribution in [0.25, 0.3) is 0 Å². The van der Waals surface area contributed by atoms with Crippen LogP contribution in [0.2, 0.25) is 0 Å². The minimum Gasteiger partial charge on any atom is -0.343 e. The summed E-state index contributed by atoms with van der Waals surface area (Å²) >= 11 is 0. The van der Waals surface area contributed by atoms with Crippen LogP contribution in [0.5, 0.6) is 0 Å². The summed E-state index contributed by atoms with van der Waals surface area (Å²) in [6.45, 7) is 3.59. The lowest BCUT2D eigenvalue weighted by atomic mass is 9.90. The topological polar surface area (TPSA) is 49.4 Å². The summed E-state index contributed by atoms with van der Waals surface area (Å²) in [5, 5.41) is 3.40. The Balaban J connectivity index is 1.24. The second-order valence-electron chi connectivity index (χ2n) is 8.67. The van der Waals surface area contributed by atoms with Gasteiger partial charge in [-0.15, -0.1) is 0 Å². The number of benzene rings is 2. The van der Waals surface area contributed by atoms with Crippen LogP contribution in [0.15, 0.2) is 48.5 Å². The van der Waals surface area contributed by atoms with E-state index in [2.05, 4.69) is 41.7 Å². The maximum atomic E-state index is 12.7. The third-order valence-corrected chi connectivity index (χ3v) is 6.57. The van der Waals surface area contributed by atoms with Crippen molar-refractivity contribution in [2.75, 3.05) is 26.2 Å². The number of likely N-dealkylation sites (tertiary alicyclic amines) is 1. The highest BCUT2D eigenvalue weighted by Gasteiger charge is 2.23. The van der Waals surface area contributed by atoms with Crippen LogP contribution in [0.4, 0.5) is 0 Å². The molecule has 0 radical (unpaired) electrons. The van der Waals surface area contributed by atoms with E-state index >= 15 is 0 Å². The first kappa shape index (κ1) is 20.8. The fourth-order valence-corrected chi connectivity index (χ4v) is 4.70. The summed E-state index contributed by atoms with van der Waals surface area (Å²) in [5.41, 5.74) is 4.75. The number of nitrogens with one attached hydrogen (secondary N) is 1. The number of Topliss-reactive ketones (excluding diaryl/α,β-unsaturated/α-hetero) is 1. The Labute approximate surface area is 179 Å². The summed E-state index contributed by atoms with van der Waals surface area (Å²) in [6.07, 6.45) is 5.80. The third-order valence-electron chi connectivity index (χ3n) is 6.57. The van der Waals surface area contributed by atoms with E-state index in [9.17, 15) is 9.59 Å². The van der Waals surface area contributed by atoms with Crippen LogP contribution in [0.1, 0.15) is 52.7 Å². The lowest BCUT2D eigenvalue weighted by Crippen LogP contribution is -2.39. The van der Waals surface area contributed by atoms with Crippen LogP contribution in [-0.4, -0.2) is 42.8 Å². The standard InChI is InChI=1S/C26H32N2O2/c29-25(24-7-6-22-10-14-27-15-11-23(22)19-24)8-9-26(30)28-16-12-21(13-17-28)18-20-4-2-1-3-5-20/h1-7,19,21,27H,8-18H2. The largest absolute Gasteiger partial charge is 0.343 e. The van der Waals surface area contributed by atoms with Crippen LogP contribution in [-0.2, 0) is 24.1 Å². The average Bonchev–Trinajstić information content (AvgIpc) is 3.03. The molecule has 2 heterocycles. The lowest BCUT2D eigenvalue weighted by Gasteiger charge is -2.32. The van der Waals surface area contributed by atoms with E-state index in [1.165, 1.54) is 16.7 Å². The Morgan fingerprint density at radius 3 is 2.40 bits per heavy atom. The van der Waals surface area contributed by atoms with Gasteiger partial charge in [-0.2, -0.15) is 0 Å². The monoisotopic (exact) mass is 404 g/mol. The van der Waals surface area contributed by atoms with E-state index < -0.39 is 0 Å². The normalized spacial score (nSPS) is 17.3. The number of ketones is 1. The van der Waals surface area contributed by atoms with E-state index in [0.29, 0.717) is 18.8 Å². The van der Waals surface area contributed by atoms with Gasteiger partial charge >= 0.3 is 0 Å². The molecule has 158 valence electrons. The quantitative estimate of drug-likeness (QED) is 0.745. The van der Waals surface area contributed by atoms with Crippen LogP contribution >= 0.6 is 0 Å². The number of carbonyl (C=O) groups excluding carboxylic acids is 2. The Morgan fingerprint density at radius 2 is 1.63 bits per heavy atom. The van der Waals surface area contributed by atoms with Crippen molar-refractivity contribution in [2.24, 2.45) is 5.92 Å². The third kappa shape index (κ3) is 5.37. The van der Waals surface area contributed by atoms with Crippen LogP contribution < -0.4 is 5.32 Å². The first-order valence-corrected chi connectivity index (χ1v) is 11.4. The number of nitrogens with zero attached hydrogens (tertiary/aromatic N) is 1. The molecule has 2 aromatic carbocycles. The molecule has 1 fully saturated rings. The van der Waals surface area contributed by atoms with Gasteiger partial charge in [-0.05, 0) is 73.9 Å². The summed E-state index contributed by atoms with van der Waals surface area (Å²) in [5.74, 6) is 0.856. The van der Waals surface area contributed by atoms with Gasteiger partial charge in [0.05, 0.1) is 0 Å². The van der Waals surface area contributed by atoms with Crippen molar-refractivity contribution in [3.8, 4) is 0 Å². The van der Waals surface area contributed by atoms with Crippen molar-refractivity contribution in [3.05, 3.63) is 70.8 Å². The number of rotatable bonds is 6. The molecule has 0 aromatic heterocycles. The number of carbonyl (C=O) groups is 2. The van der Waals surface area contributed by atoms with E-state index in [1.54, 1.807) is 0 Å². The molecule has 30 heavy (non-hydrogen) atoms. The number of hydrogen-bond donors (Lipinski definition) is 1. The fraction of sp³-hybridized carbons (Fsp3) is 0.462. The van der Waals surface area contributed by atoms with Crippen molar-refractivity contribution in [2.45, 2.75) is 44.9 Å². The van der Waals surface area contributed by atoms with Crippen LogP contribution in [0.3, 0.4) is 0 Å². The molecule has 2 aliphatic rings. The van der Waals surface area contributed by atoms with Gasteiger partial charge in [-0.25, -0.2) is 0 Å². The van der Waals surface area contributed by atoms with Crippen molar-refractivity contribution in [3.63, 3.8) is 0 Å². The Hall–Kier alpha value is -2.46. The summed E-state index contributed by atoms with van der Waals surface area (Å²) < 4.78 is 0. The minimum atomic E-state index is 0.0855. The molecule has 1 amide bonds. The van der Waals surface area contributed by atoms with Gasteiger partial charge in [0.15, 0.2) is 5.78 Å². The minimum absolute atomic E-state index is 0.0855. The highest BCUT2D eigenvalue weighted by Crippen LogP contribution is 2.23. The first-order chi connectivity index (χ1) is 14.7. The molecule has 0 bridgehead atoms. The van der Waals surface area contributed by atoms with Gasteiger partial charge in [-0.3, -0.25) is 9.59 Å². The molecule has 0 saturated carbocycles. The van der Waals surface area contributed by atoms with E-state index in [4.69, 9.17) is 0 Å². The smallest absolute Gasteiger partial charge is 0.223 e. The van der Waals surface area contributed by atoms with Crippen LogP contribution in [0, 0.1) is 5.92 Å². The zero-order valence-corrected chi connectivity index (χ0v) is 17.7. The summed E-state index contributed by atoms with van der Waals surface area (Å²) in [7, 11) is 0. The number of fused-ring (bicyclic) bond motifs is 1. The van der Waals surface area contributed by atoms with Gasteiger partial charge in [-0.1, -0.05) is 42.5 Å². The van der Waals surface area contributed by atoms with Crippen molar-refractivity contribution in [1.82, 2.24) is 10.2 Å². The van der Waals surface area contributed by atoms with Gasteiger partial charge in [0, 0.05) is 31.5 Å². The predicted molar refractivity (Wildman–Crippen MR) is 120 cm³/mol. The molecule has 4 nitrogen and oxygen atoms in total. The zero-order chi connectivity index (χ0) is 20.8. The van der Waals surface area contributed by atoms with E-state index in [-0.39, 0.29) is 11.7 Å². The molecule has 1 saturated heterocycles. The molecule has 4 rings (SSSR count). The molecule has 0 unspecified atom stereocenters. The summed E-state index contributed by atoms with van der Waals surface area (Å²) in [4.78, 5) is 27.3. The zero-order valence-electron chi connectivity index (χ0n) is 17.7. The second kappa shape index (κ2) is 10.0. The molecule has 0 aliphatic carbocycles. The molecule has 0 spiro atoms. The molecule has 2 aromatic rings. The summed E-state index contributed by atoms with van der Waals surface area (Å²) in [6, 6.07) is 16.7. The van der Waals surface area contributed by atoms with Gasteiger partial charge < -0.3 is 10.2 Å². The molecule has 1 N–H and O–H groups in total. The van der Waals surface area contributed by atoms with Crippen molar-refractivity contribution < 1.29 is 9.59 Å². The predicted octanol–water partition coefficient (Wildman–Crippen LogP) is 3.82. The van der Waals surface area contributed by atoms with E-state index in [1.807, 2.05) is 17.0 Å². The molecular formula is C26H32N2O2. The highest BCUT2D eigenvalue weighted by atomic mass is 16.2. The average molecular weight is 405 g/mol. The van der Waals surface area contributed by atoms with E-state index in [0.717, 1.165) is 63.8 Å². The van der Waals surface area contributed by atoms with Gasteiger partial charge in [0.25, 0.3) is 0 Å². The lowest BCUT2D eigenvalue weighted by molar-refractivity contribution is -0.132. The maximum Gasteiger partial charge on any atom is 0.223 e. The Kier molecular flexibility index (Phi) is 6.96. The number of piperidine rings is 1. The number of amides is 1.